The summed E-state index contributed by atoms with van der Waals surface area (Å²) in [4.78, 5) is 0. The molecule has 7 aromatic rings. The van der Waals surface area contributed by atoms with E-state index in [-0.39, 0.29) is 0 Å². The van der Waals surface area contributed by atoms with Crippen LogP contribution in [0.25, 0.3) is 0 Å². The van der Waals surface area contributed by atoms with Crippen LogP contribution in [0.3, 0.4) is 0 Å². The predicted molar refractivity (Wildman–Crippen MR) is 540 cm³/mol. The van der Waals surface area contributed by atoms with Crippen molar-refractivity contribution < 1.29 is 0 Å². The average molecular weight is 1770 g/mol. The molecule has 0 aliphatic rings. The summed E-state index contributed by atoms with van der Waals surface area (Å²) >= 11 is 0. The van der Waals surface area contributed by atoms with Crippen molar-refractivity contribution in [3.63, 3.8) is 0 Å². The molecule has 0 aliphatic heterocycles. The first-order valence-corrected chi connectivity index (χ1v) is 52.8. The maximum atomic E-state index is 4.22. The molecule has 7 rings (SSSR count). The van der Waals surface area contributed by atoms with E-state index in [4.69, 9.17) is 0 Å². The highest BCUT2D eigenvalue weighted by molar-refractivity contribution is 4.98. The summed E-state index contributed by atoms with van der Waals surface area (Å²) in [5.74, 6) is 11.0. The molecule has 0 saturated heterocycles. The van der Waals surface area contributed by atoms with Gasteiger partial charge < -0.3 is 0 Å². The molecule has 127 heavy (non-hydrogen) atoms. The SMILES string of the molecule is CC(C)CCCCCCc1cnnn1CCC(C)C.CC(C)CCCCCCc1cnnn1CCC(C)C.CC(C)CCCCCc1cn(CC(C)C)nn1.CC(C)CCCCCc1cnnn1CCCC(C)C.CC(C)CCCCCc1cnnn1CCCC(C)C.CC(C)CCCCc1cn(CCC(C)C)nn1.CC(C)CCCc1cn(CCCC(C)C)nn1. The van der Waals surface area contributed by atoms with Gasteiger partial charge in [0.25, 0.3) is 0 Å². The molecular formula is C106H205N21. The van der Waals surface area contributed by atoms with Gasteiger partial charge in [0.15, 0.2) is 0 Å². The maximum Gasteiger partial charge on any atom is 0.0827 e. The quantitative estimate of drug-likeness (QED) is 0.0324. The Bertz CT molecular complexity index is 3330. The summed E-state index contributed by atoms with van der Waals surface area (Å²) < 4.78 is 14.3. The van der Waals surface area contributed by atoms with Crippen LogP contribution in [0.15, 0.2) is 43.4 Å². The molecule has 0 bridgehead atoms. The fraction of sp³-hybridized carbons (Fsp3) is 0.868. The van der Waals surface area contributed by atoms with E-state index in [0.717, 1.165) is 185 Å². The van der Waals surface area contributed by atoms with Crippen LogP contribution in [-0.4, -0.2) is 105 Å². The highest BCUT2D eigenvalue weighted by atomic mass is 15.5. The van der Waals surface area contributed by atoms with Crippen LogP contribution in [0.5, 0.6) is 0 Å². The number of nitrogens with zero attached hydrogens (tertiary/aromatic N) is 21. The van der Waals surface area contributed by atoms with E-state index in [2.05, 4.69) is 303 Å². The smallest absolute Gasteiger partial charge is 0.0827 e. The Labute approximate surface area is 782 Å². The van der Waals surface area contributed by atoms with Crippen LogP contribution < -0.4 is 0 Å². The first-order valence-electron chi connectivity index (χ1n) is 52.8. The van der Waals surface area contributed by atoms with Gasteiger partial charge in [0.05, 0.1) is 64.6 Å². The van der Waals surface area contributed by atoms with Gasteiger partial charge in [-0.15, -0.1) is 35.7 Å². The topological polar surface area (TPSA) is 215 Å². The van der Waals surface area contributed by atoms with Crippen LogP contribution in [0.4, 0.5) is 0 Å². The van der Waals surface area contributed by atoms with Crippen LogP contribution in [0, 0.1) is 82.9 Å². The van der Waals surface area contributed by atoms with Crippen molar-refractivity contribution >= 4 is 0 Å². The van der Waals surface area contributed by atoms with E-state index in [9.17, 15) is 0 Å². The number of aromatic nitrogens is 21. The van der Waals surface area contributed by atoms with Gasteiger partial charge in [-0.1, -0.05) is 359 Å². The molecule has 734 valence electrons. The number of hydrogen-bond donors (Lipinski definition) is 0. The van der Waals surface area contributed by atoms with Gasteiger partial charge in [-0.2, -0.15) is 0 Å². The van der Waals surface area contributed by atoms with Gasteiger partial charge in [0.2, 0.25) is 0 Å². The molecule has 0 unspecified atom stereocenters. The summed E-state index contributed by atoms with van der Waals surface area (Å²) in [5, 5.41) is 58.2. The lowest BCUT2D eigenvalue weighted by atomic mass is 10.0. The van der Waals surface area contributed by atoms with Gasteiger partial charge in [0, 0.05) is 64.4 Å². The molecule has 0 fully saturated rings. The van der Waals surface area contributed by atoms with Crippen molar-refractivity contribution in [1.82, 2.24) is 105 Å². The summed E-state index contributed by atoms with van der Waals surface area (Å²) in [5.41, 5.74) is 8.69. The summed E-state index contributed by atoms with van der Waals surface area (Å²) in [6.45, 7) is 70.7. The summed E-state index contributed by atoms with van der Waals surface area (Å²) in [7, 11) is 0. The molecule has 0 aromatic carbocycles. The van der Waals surface area contributed by atoms with E-state index in [1.54, 1.807) is 0 Å². The van der Waals surface area contributed by atoms with E-state index >= 15 is 0 Å². The summed E-state index contributed by atoms with van der Waals surface area (Å²) in [6.07, 6.45) is 68.5. The molecule has 7 heterocycles. The third-order valence-electron chi connectivity index (χ3n) is 23.1. The first-order chi connectivity index (χ1) is 60.6. The molecule has 0 radical (unpaired) electrons. The average Bonchev–Trinajstić information content (AvgIpc) is 2.00. The zero-order valence-corrected chi connectivity index (χ0v) is 88.4. The fourth-order valence-electron chi connectivity index (χ4n) is 14.9. The van der Waals surface area contributed by atoms with E-state index in [0.29, 0.717) is 5.92 Å². The number of aryl methyl sites for hydroxylation is 13. The normalized spacial score (nSPS) is 11.7. The van der Waals surface area contributed by atoms with Gasteiger partial charge in [-0.3, -0.25) is 14.0 Å². The number of rotatable bonds is 64. The van der Waals surface area contributed by atoms with Crippen molar-refractivity contribution in [2.45, 2.75) is 516 Å². The second-order valence-corrected chi connectivity index (χ2v) is 43.3. The Balaban J connectivity index is 0.000000741. The standard InChI is InChI=1S/4C16H31N3.3C14H27N3/c2*1-14(2)9-6-5-7-11-16-13-17-18-19(16)12-8-10-15(3)4;2*1-14(2)9-7-5-6-8-10-16-13-17-18-19(16)12-11-15(3)4;1-12(2)7-5-9-14-11-17(16-15-14)10-6-8-13(3)4;1-12(2)7-5-6-8-14-11-17(16-15-14)10-9-13(3)4;1-12(2)8-6-5-7-9-14-11-17(16-15-14)10-13(3)4/h4*13-15H,5-12H2,1-4H3;3*11-13H,5-10H2,1-4H3. The molecule has 0 saturated carbocycles. The number of unbranched alkanes of at least 4 members (excludes halogenated alkanes) is 13. The van der Waals surface area contributed by atoms with Gasteiger partial charge in [-0.05, 0) is 231 Å². The second-order valence-electron chi connectivity index (χ2n) is 43.3. The van der Waals surface area contributed by atoms with Crippen molar-refractivity contribution in [2.75, 3.05) is 0 Å². The van der Waals surface area contributed by atoms with Gasteiger partial charge >= 0.3 is 0 Å². The molecule has 7 aromatic heterocycles. The summed E-state index contributed by atoms with van der Waals surface area (Å²) in [6, 6.07) is 0. The van der Waals surface area contributed by atoms with E-state index in [1.165, 1.54) is 254 Å². The van der Waals surface area contributed by atoms with Gasteiger partial charge in [0.1, 0.15) is 0 Å². The predicted octanol–water partition coefficient (Wildman–Crippen LogP) is 29.0. The third kappa shape index (κ3) is 71.4. The molecule has 0 aliphatic carbocycles. The van der Waals surface area contributed by atoms with Crippen LogP contribution in [0.1, 0.15) is 465 Å². The van der Waals surface area contributed by atoms with Crippen molar-refractivity contribution in [3.05, 3.63) is 83.2 Å². The van der Waals surface area contributed by atoms with Crippen LogP contribution in [0.2, 0.25) is 0 Å². The maximum absolute atomic E-state index is 4.22. The number of hydrogen-bond acceptors (Lipinski definition) is 14. The molecule has 21 heteroatoms. The zero-order chi connectivity index (χ0) is 94.4. The molecule has 21 nitrogen and oxygen atoms in total. The molecule has 0 spiro atoms. The second kappa shape index (κ2) is 76.5. The van der Waals surface area contributed by atoms with E-state index in [1.807, 2.05) is 38.8 Å². The highest BCUT2D eigenvalue weighted by Gasteiger charge is 2.13. The highest BCUT2D eigenvalue weighted by Crippen LogP contribution is 2.20. The van der Waals surface area contributed by atoms with Crippen molar-refractivity contribution in [2.24, 2.45) is 82.9 Å². The van der Waals surface area contributed by atoms with Crippen LogP contribution in [-0.2, 0) is 90.8 Å². The van der Waals surface area contributed by atoms with Crippen molar-refractivity contribution in [3.8, 4) is 0 Å². The minimum atomic E-state index is 0.635. The minimum Gasteiger partial charge on any atom is -0.252 e. The Morgan fingerprint density at radius 2 is 0.394 bits per heavy atom. The Morgan fingerprint density at radius 1 is 0.181 bits per heavy atom. The third-order valence-corrected chi connectivity index (χ3v) is 23.1. The molecule has 0 N–H and O–H groups in total. The largest absolute Gasteiger partial charge is 0.252 e. The Hall–Kier alpha value is -6.02. The zero-order valence-electron chi connectivity index (χ0n) is 88.4. The van der Waals surface area contributed by atoms with E-state index < -0.39 is 0 Å². The first kappa shape index (κ1) is 119. The Kier molecular flexibility index (Phi) is 71.7. The monoisotopic (exact) mass is 1770 g/mol. The Morgan fingerprint density at radius 3 is 0.701 bits per heavy atom. The molecule has 0 atom stereocenters. The molecule has 0 amide bonds. The molecular weight excluding hydrogens is 1570 g/mol. The lowest BCUT2D eigenvalue weighted by Crippen LogP contribution is -2.07. The van der Waals surface area contributed by atoms with Crippen LogP contribution >= 0.6 is 0 Å². The minimum absolute atomic E-state index is 0.635. The lowest BCUT2D eigenvalue weighted by Gasteiger charge is -2.08. The van der Waals surface area contributed by atoms with Crippen molar-refractivity contribution in [1.29, 1.82) is 0 Å². The lowest BCUT2D eigenvalue weighted by molar-refractivity contribution is 0.462. The fourth-order valence-corrected chi connectivity index (χ4v) is 14.9. The van der Waals surface area contributed by atoms with Gasteiger partial charge in [-0.25, -0.2) is 18.7 Å².